The van der Waals surface area contributed by atoms with Crippen molar-refractivity contribution in [3.05, 3.63) is 34.9 Å². The van der Waals surface area contributed by atoms with E-state index in [-0.39, 0.29) is 5.41 Å². The Bertz CT molecular complexity index is 515. The molecule has 4 nitrogen and oxygen atoms in total. The number of carbonyl (C=O) groups excluding carboxylic acids is 1. The lowest BCUT2D eigenvalue weighted by Gasteiger charge is -2.37. The van der Waals surface area contributed by atoms with Crippen molar-refractivity contribution in [3.8, 4) is 0 Å². The van der Waals surface area contributed by atoms with E-state index in [4.69, 9.17) is 5.21 Å². The van der Waals surface area contributed by atoms with Crippen molar-refractivity contribution in [1.82, 2.24) is 10.4 Å². The molecule has 1 atom stereocenters. The quantitative estimate of drug-likeness (QED) is 0.792. The van der Waals surface area contributed by atoms with Gasteiger partial charge in [-0.3, -0.25) is 4.79 Å². The van der Waals surface area contributed by atoms with Gasteiger partial charge >= 0.3 is 0 Å². The van der Waals surface area contributed by atoms with Gasteiger partial charge in [-0.15, -0.1) is 0 Å². The number of piperidine rings is 1. The Morgan fingerprint density at radius 1 is 1.37 bits per heavy atom. The fourth-order valence-electron chi connectivity index (χ4n) is 3.61. The van der Waals surface area contributed by atoms with Crippen molar-refractivity contribution in [2.45, 2.75) is 32.2 Å². The van der Waals surface area contributed by atoms with Gasteiger partial charge in [-0.2, -0.15) is 0 Å². The molecule has 0 aromatic heterocycles. The van der Waals surface area contributed by atoms with Crippen molar-refractivity contribution in [1.29, 1.82) is 0 Å². The molecule has 0 saturated carbocycles. The van der Waals surface area contributed by atoms with Gasteiger partial charge in [-0.25, -0.2) is 5.48 Å². The number of nitrogens with one attached hydrogen (secondary N) is 1. The molecule has 0 radical (unpaired) electrons. The Morgan fingerprint density at radius 2 is 2.16 bits per heavy atom. The molecule has 1 saturated heterocycles. The predicted octanol–water partition coefficient (Wildman–Crippen LogP) is 1.50. The molecule has 2 aliphatic rings. The van der Waals surface area contributed by atoms with Crippen LogP contribution in [0.4, 0.5) is 0 Å². The fraction of sp³-hybridized carbons (Fsp3) is 0.533. The minimum atomic E-state index is -0.194. The lowest BCUT2D eigenvalue weighted by atomic mass is 9.76. The summed E-state index contributed by atoms with van der Waals surface area (Å²) in [4.78, 5) is 14.4. The maximum Gasteiger partial charge on any atom is 0.229 e. The summed E-state index contributed by atoms with van der Waals surface area (Å²) in [5.41, 5.74) is 5.63. The Balaban J connectivity index is 1.88. The summed E-state index contributed by atoms with van der Waals surface area (Å²) in [6, 6.07) is 6.26. The van der Waals surface area contributed by atoms with E-state index in [0.717, 1.165) is 37.8 Å². The van der Waals surface area contributed by atoms with Crippen molar-refractivity contribution >= 4 is 5.91 Å². The lowest BCUT2D eigenvalue weighted by molar-refractivity contribution is -0.144. The second kappa shape index (κ2) is 4.62. The van der Waals surface area contributed by atoms with Gasteiger partial charge in [0.2, 0.25) is 5.91 Å². The van der Waals surface area contributed by atoms with Crippen molar-refractivity contribution in [2.24, 2.45) is 5.41 Å². The molecule has 1 amide bonds. The minimum Gasteiger partial charge on any atom is -0.345 e. The van der Waals surface area contributed by atoms with Crippen LogP contribution in [0.3, 0.4) is 0 Å². The molecule has 1 heterocycles. The van der Waals surface area contributed by atoms with Gasteiger partial charge < -0.3 is 10.1 Å². The zero-order chi connectivity index (χ0) is 13.5. The van der Waals surface area contributed by atoms with Crippen LogP contribution < -0.4 is 5.48 Å². The molecule has 4 heteroatoms. The van der Waals surface area contributed by atoms with E-state index in [1.807, 2.05) is 18.0 Å². The Kier molecular flexibility index (Phi) is 3.07. The first-order valence-corrected chi connectivity index (χ1v) is 6.88. The number of likely N-dealkylation sites (tertiary alicyclic amines) is 1. The monoisotopic (exact) mass is 260 g/mol. The number of carbonyl (C=O) groups is 1. The van der Waals surface area contributed by atoms with Crippen LogP contribution in [0.2, 0.25) is 0 Å². The highest BCUT2D eigenvalue weighted by molar-refractivity contribution is 5.85. The highest BCUT2D eigenvalue weighted by Crippen LogP contribution is 2.44. The van der Waals surface area contributed by atoms with E-state index in [1.54, 1.807) is 0 Å². The van der Waals surface area contributed by atoms with Crippen LogP contribution >= 0.6 is 0 Å². The molecule has 1 aromatic rings. The molecule has 2 N–H and O–H groups in total. The van der Waals surface area contributed by atoms with Gasteiger partial charge in [0.25, 0.3) is 0 Å². The first-order chi connectivity index (χ1) is 9.14. The standard InChI is InChI=1S/C15H20N2O2/c1-17-6-2-5-15(14(17)18)8-12-4-3-11(10-16-19)7-13(12)9-15/h3-4,7,16,19H,2,5-6,8-10H2,1H3/t15-/m0/s1. The molecule has 3 rings (SSSR count). The predicted molar refractivity (Wildman–Crippen MR) is 71.8 cm³/mol. The van der Waals surface area contributed by atoms with E-state index in [9.17, 15) is 4.79 Å². The van der Waals surface area contributed by atoms with Gasteiger partial charge in [-0.1, -0.05) is 18.2 Å². The summed E-state index contributed by atoms with van der Waals surface area (Å²) in [6.07, 6.45) is 3.82. The topological polar surface area (TPSA) is 52.6 Å². The maximum atomic E-state index is 12.5. The van der Waals surface area contributed by atoms with Gasteiger partial charge in [0.1, 0.15) is 0 Å². The summed E-state index contributed by atoms with van der Waals surface area (Å²) in [6.45, 7) is 1.34. The van der Waals surface area contributed by atoms with Crippen LogP contribution in [0, 0.1) is 5.41 Å². The van der Waals surface area contributed by atoms with E-state index in [0.29, 0.717) is 12.5 Å². The summed E-state index contributed by atoms with van der Waals surface area (Å²) < 4.78 is 0. The Labute approximate surface area is 113 Å². The van der Waals surface area contributed by atoms with Crippen molar-refractivity contribution in [3.63, 3.8) is 0 Å². The highest BCUT2D eigenvalue weighted by atomic mass is 16.5. The third kappa shape index (κ3) is 2.05. The largest absolute Gasteiger partial charge is 0.345 e. The number of hydrogen-bond acceptors (Lipinski definition) is 3. The van der Waals surface area contributed by atoms with Crippen LogP contribution in [-0.2, 0) is 24.2 Å². The van der Waals surface area contributed by atoms with Gasteiger partial charge in [0, 0.05) is 20.1 Å². The van der Waals surface area contributed by atoms with Crippen LogP contribution in [0.1, 0.15) is 29.5 Å². The zero-order valence-corrected chi connectivity index (χ0v) is 11.3. The van der Waals surface area contributed by atoms with E-state index in [2.05, 4.69) is 17.6 Å². The maximum absolute atomic E-state index is 12.5. The zero-order valence-electron chi connectivity index (χ0n) is 11.3. The molecule has 1 spiro atoms. The molecule has 0 bridgehead atoms. The lowest BCUT2D eigenvalue weighted by Crippen LogP contribution is -2.47. The number of hydrogen-bond donors (Lipinski definition) is 2. The molecule has 0 unspecified atom stereocenters. The van der Waals surface area contributed by atoms with Crippen molar-refractivity contribution in [2.75, 3.05) is 13.6 Å². The average Bonchev–Trinajstić information content (AvgIpc) is 2.75. The molecular formula is C15H20N2O2. The molecule has 1 aliphatic heterocycles. The first-order valence-electron chi connectivity index (χ1n) is 6.88. The second-order valence-electron chi connectivity index (χ2n) is 5.90. The summed E-state index contributed by atoms with van der Waals surface area (Å²) in [5.74, 6) is 0.303. The van der Waals surface area contributed by atoms with E-state index in [1.165, 1.54) is 11.1 Å². The fourth-order valence-corrected chi connectivity index (χ4v) is 3.61. The van der Waals surface area contributed by atoms with Gasteiger partial charge in [0.15, 0.2) is 0 Å². The Morgan fingerprint density at radius 3 is 2.95 bits per heavy atom. The number of nitrogens with zero attached hydrogens (tertiary/aromatic N) is 1. The third-order valence-corrected chi connectivity index (χ3v) is 4.56. The van der Waals surface area contributed by atoms with E-state index < -0.39 is 0 Å². The number of amides is 1. The summed E-state index contributed by atoms with van der Waals surface area (Å²) in [5, 5.41) is 8.78. The van der Waals surface area contributed by atoms with Crippen LogP contribution in [0.15, 0.2) is 18.2 Å². The normalized spacial score (nSPS) is 26.0. The highest BCUT2D eigenvalue weighted by Gasteiger charge is 2.46. The SMILES string of the molecule is CN1CCC[C@@]2(Cc3ccc(CNO)cc3C2)C1=O. The van der Waals surface area contributed by atoms with Crippen molar-refractivity contribution < 1.29 is 10.0 Å². The molecular weight excluding hydrogens is 240 g/mol. The summed E-state index contributed by atoms with van der Waals surface area (Å²) >= 11 is 0. The molecule has 1 aromatic carbocycles. The smallest absolute Gasteiger partial charge is 0.229 e. The first kappa shape index (κ1) is 12.6. The number of fused-ring (bicyclic) bond motifs is 1. The van der Waals surface area contributed by atoms with Crippen LogP contribution in [0.5, 0.6) is 0 Å². The molecule has 102 valence electrons. The molecule has 1 fully saturated rings. The third-order valence-electron chi connectivity index (χ3n) is 4.56. The van der Waals surface area contributed by atoms with Crippen LogP contribution in [0.25, 0.3) is 0 Å². The van der Waals surface area contributed by atoms with Gasteiger partial charge in [0.05, 0.1) is 5.41 Å². The average molecular weight is 260 g/mol. The second-order valence-corrected chi connectivity index (χ2v) is 5.90. The number of rotatable bonds is 2. The number of hydroxylamine groups is 1. The number of benzene rings is 1. The molecule has 1 aliphatic carbocycles. The van der Waals surface area contributed by atoms with E-state index >= 15 is 0 Å². The van der Waals surface area contributed by atoms with Crippen LogP contribution in [-0.4, -0.2) is 29.6 Å². The van der Waals surface area contributed by atoms with Gasteiger partial charge in [-0.05, 0) is 42.4 Å². The minimum absolute atomic E-state index is 0.194. The Hall–Kier alpha value is -1.39. The molecule has 19 heavy (non-hydrogen) atoms. The summed E-state index contributed by atoms with van der Waals surface area (Å²) in [7, 11) is 1.91.